The predicted octanol–water partition coefficient (Wildman–Crippen LogP) is 1.89. The van der Waals surface area contributed by atoms with Crippen LogP contribution in [0.2, 0.25) is 0 Å². The minimum Gasteiger partial charge on any atom is -0.462 e. The van der Waals surface area contributed by atoms with Gasteiger partial charge in [0.1, 0.15) is 11.4 Å². The molecule has 0 bridgehead atoms. The van der Waals surface area contributed by atoms with E-state index in [0.29, 0.717) is 17.1 Å². The van der Waals surface area contributed by atoms with Crippen molar-refractivity contribution in [3.05, 3.63) is 11.3 Å². The molecule has 0 spiro atoms. The van der Waals surface area contributed by atoms with E-state index >= 15 is 0 Å². The van der Waals surface area contributed by atoms with E-state index in [4.69, 9.17) is 4.74 Å². The molecule has 19 heavy (non-hydrogen) atoms. The van der Waals surface area contributed by atoms with Gasteiger partial charge in [0.2, 0.25) is 5.91 Å². The predicted molar refractivity (Wildman–Crippen MR) is 72.0 cm³/mol. The fraction of sp³-hybridized carbons (Fsp3) is 0.615. The Labute approximate surface area is 113 Å². The van der Waals surface area contributed by atoms with E-state index in [0.717, 1.165) is 0 Å². The van der Waals surface area contributed by atoms with Crippen LogP contribution in [-0.2, 0) is 16.6 Å². The van der Waals surface area contributed by atoms with Crippen LogP contribution in [0.5, 0.6) is 0 Å². The Morgan fingerprint density at radius 1 is 1.37 bits per heavy atom. The van der Waals surface area contributed by atoms with Gasteiger partial charge in [-0.25, -0.2) is 4.79 Å². The third-order valence-electron chi connectivity index (χ3n) is 2.61. The molecule has 1 aromatic heterocycles. The van der Waals surface area contributed by atoms with Crippen LogP contribution in [0, 0.1) is 12.3 Å². The summed E-state index contributed by atoms with van der Waals surface area (Å²) in [5, 5.41) is 6.89. The summed E-state index contributed by atoms with van der Waals surface area (Å²) in [6, 6.07) is 0. The summed E-state index contributed by atoms with van der Waals surface area (Å²) >= 11 is 0. The third-order valence-corrected chi connectivity index (χ3v) is 2.61. The van der Waals surface area contributed by atoms with Crippen LogP contribution in [0.15, 0.2) is 0 Å². The van der Waals surface area contributed by atoms with Crippen molar-refractivity contribution in [1.82, 2.24) is 9.78 Å². The first kappa shape index (κ1) is 15.2. The lowest BCUT2D eigenvalue weighted by molar-refractivity contribution is -0.123. The Balaban J connectivity index is 3.14. The average molecular weight is 267 g/mol. The summed E-state index contributed by atoms with van der Waals surface area (Å²) in [6.07, 6.45) is 0. The lowest BCUT2D eigenvalue weighted by atomic mass is 9.95. The molecule has 0 radical (unpaired) electrons. The summed E-state index contributed by atoms with van der Waals surface area (Å²) < 4.78 is 6.46. The molecule has 1 amide bonds. The zero-order valence-corrected chi connectivity index (χ0v) is 12.3. The highest BCUT2D eigenvalue weighted by molar-refractivity contribution is 6.02. The van der Waals surface area contributed by atoms with E-state index < -0.39 is 11.4 Å². The Morgan fingerprint density at radius 3 is 2.42 bits per heavy atom. The summed E-state index contributed by atoms with van der Waals surface area (Å²) in [5.74, 6) is -0.283. The fourth-order valence-electron chi connectivity index (χ4n) is 1.54. The van der Waals surface area contributed by atoms with Gasteiger partial charge in [0, 0.05) is 12.5 Å². The van der Waals surface area contributed by atoms with Crippen molar-refractivity contribution >= 4 is 17.7 Å². The molecule has 0 atom stereocenters. The summed E-state index contributed by atoms with van der Waals surface area (Å²) in [7, 11) is 1.67. The zero-order valence-electron chi connectivity index (χ0n) is 12.3. The molecule has 0 aromatic carbocycles. The van der Waals surface area contributed by atoms with Gasteiger partial charge in [-0.3, -0.25) is 9.48 Å². The summed E-state index contributed by atoms with van der Waals surface area (Å²) in [6.45, 7) is 9.12. The largest absolute Gasteiger partial charge is 0.462 e. The van der Waals surface area contributed by atoms with Crippen molar-refractivity contribution in [3.8, 4) is 0 Å². The molecule has 6 nitrogen and oxygen atoms in total. The molecule has 106 valence electrons. The van der Waals surface area contributed by atoms with Crippen LogP contribution in [0.3, 0.4) is 0 Å². The second-order valence-electron chi connectivity index (χ2n) is 5.36. The van der Waals surface area contributed by atoms with Gasteiger partial charge in [-0.15, -0.1) is 0 Å². The highest BCUT2D eigenvalue weighted by atomic mass is 16.5. The Morgan fingerprint density at radius 2 is 1.95 bits per heavy atom. The van der Waals surface area contributed by atoms with Crippen LogP contribution in [0.1, 0.15) is 43.7 Å². The first-order valence-corrected chi connectivity index (χ1v) is 6.20. The number of nitrogens with zero attached hydrogens (tertiary/aromatic N) is 2. The number of esters is 1. The van der Waals surface area contributed by atoms with Crippen molar-refractivity contribution in [2.45, 2.75) is 34.6 Å². The number of ether oxygens (including phenoxy) is 1. The first-order valence-electron chi connectivity index (χ1n) is 6.20. The Hall–Kier alpha value is -1.85. The topological polar surface area (TPSA) is 73.2 Å². The number of carbonyl (C=O) groups excluding carboxylic acids is 2. The van der Waals surface area contributed by atoms with Crippen LogP contribution in [0.4, 0.5) is 5.82 Å². The number of rotatable bonds is 3. The maximum atomic E-state index is 12.0. The molecule has 0 saturated carbocycles. The number of aryl methyl sites for hydroxylation is 2. The lowest BCUT2D eigenvalue weighted by Gasteiger charge is -2.18. The lowest BCUT2D eigenvalue weighted by Crippen LogP contribution is -2.29. The van der Waals surface area contributed by atoms with Gasteiger partial charge in [-0.05, 0) is 13.8 Å². The van der Waals surface area contributed by atoms with E-state index in [9.17, 15) is 9.59 Å². The highest BCUT2D eigenvalue weighted by Crippen LogP contribution is 2.23. The van der Waals surface area contributed by atoms with Crippen molar-refractivity contribution in [3.63, 3.8) is 0 Å². The number of nitrogens with one attached hydrogen (secondary N) is 1. The quantitative estimate of drug-likeness (QED) is 0.849. The second kappa shape index (κ2) is 5.42. The molecular formula is C13H21N3O3. The number of aromatic nitrogens is 2. The molecule has 0 aliphatic carbocycles. The van der Waals surface area contributed by atoms with Gasteiger partial charge >= 0.3 is 5.97 Å². The Bertz CT molecular complexity index is 498. The molecule has 0 unspecified atom stereocenters. The molecule has 1 rings (SSSR count). The van der Waals surface area contributed by atoms with E-state index in [1.807, 2.05) is 0 Å². The molecule has 1 aromatic rings. The second-order valence-corrected chi connectivity index (χ2v) is 5.36. The smallest absolute Gasteiger partial charge is 0.343 e. The molecule has 6 heteroatoms. The van der Waals surface area contributed by atoms with Crippen molar-refractivity contribution in [2.24, 2.45) is 12.5 Å². The standard InChI is InChI=1S/C13H21N3O3/c1-7-19-11(17)9-8(2)15-16(6)10(9)14-12(18)13(3,4)5/h7H2,1-6H3,(H,14,18). The molecule has 1 N–H and O–H groups in total. The van der Waals surface area contributed by atoms with Crippen molar-refractivity contribution in [1.29, 1.82) is 0 Å². The van der Waals surface area contributed by atoms with E-state index in [2.05, 4.69) is 10.4 Å². The van der Waals surface area contributed by atoms with Gasteiger partial charge < -0.3 is 10.1 Å². The minimum absolute atomic E-state index is 0.180. The van der Waals surface area contributed by atoms with Gasteiger partial charge in [0.25, 0.3) is 0 Å². The van der Waals surface area contributed by atoms with Crippen LogP contribution >= 0.6 is 0 Å². The normalized spacial score (nSPS) is 11.3. The number of hydrogen-bond acceptors (Lipinski definition) is 4. The fourth-order valence-corrected chi connectivity index (χ4v) is 1.54. The zero-order chi connectivity index (χ0) is 14.8. The van der Waals surface area contributed by atoms with Crippen LogP contribution < -0.4 is 5.32 Å². The van der Waals surface area contributed by atoms with E-state index in [1.165, 1.54) is 4.68 Å². The van der Waals surface area contributed by atoms with E-state index in [-0.39, 0.29) is 12.5 Å². The number of anilines is 1. The minimum atomic E-state index is -0.551. The van der Waals surface area contributed by atoms with Gasteiger partial charge in [0.15, 0.2) is 0 Å². The van der Waals surface area contributed by atoms with Crippen molar-refractivity contribution in [2.75, 3.05) is 11.9 Å². The third kappa shape index (κ3) is 3.33. The summed E-state index contributed by atoms with van der Waals surface area (Å²) in [5.41, 5.74) is 0.288. The Kier molecular flexibility index (Phi) is 4.34. The molecular weight excluding hydrogens is 246 g/mol. The molecule has 0 fully saturated rings. The first-order chi connectivity index (χ1) is 8.68. The number of carbonyl (C=O) groups is 2. The van der Waals surface area contributed by atoms with Gasteiger partial charge in [0.05, 0.1) is 12.3 Å². The molecule has 0 saturated heterocycles. The highest BCUT2D eigenvalue weighted by Gasteiger charge is 2.27. The number of hydrogen-bond donors (Lipinski definition) is 1. The monoisotopic (exact) mass is 267 g/mol. The van der Waals surface area contributed by atoms with Crippen molar-refractivity contribution < 1.29 is 14.3 Å². The SMILES string of the molecule is CCOC(=O)c1c(C)nn(C)c1NC(=O)C(C)(C)C. The average Bonchev–Trinajstić information content (AvgIpc) is 2.52. The maximum absolute atomic E-state index is 12.0. The molecule has 1 heterocycles. The van der Waals surface area contributed by atoms with Crippen LogP contribution in [0.25, 0.3) is 0 Å². The number of amides is 1. The maximum Gasteiger partial charge on any atom is 0.343 e. The molecule has 0 aliphatic rings. The van der Waals surface area contributed by atoms with E-state index in [1.54, 1.807) is 41.7 Å². The van der Waals surface area contributed by atoms with Gasteiger partial charge in [-0.1, -0.05) is 20.8 Å². The summed E-state index contributed by atoms with van der Waals surface area (Å²) in [4.78, 5) is 23.9. The van der Waals surface area contributed by atoms with Crippen LogP contribution in [-0.4, -0.2) is 28.3 Å². The molecule has 0 aliphatic heterocycles. The van der Waals surface area contributed by atoms with Gasteiger partial charge in [-0.2, -0.15) is 5.10 Å².